The molecule has 0 atom stereocenters. The fourth-order valence-corrected chi connectivity index (χ4v) is 2.83. The van der Waals surface area contributed by atoms with Crippen LogP contribution in [-0.4, -0.2) is 49.1 Å². The van der Waals surface area contributed by atoms with Crippen molar-refractivity contribution in [3.63, 3.8) is 0 Å². The summed E-state index contributed by atoms with van der Waals surface area (Å²) in [7, 11) is -0.635. The Morgan fingerprint density at radius 1 is 1.06 bits per heavy atom. The lowest BCUT2D eigenvalue weighted by Crippen LogP contribution is -2.41. The van der Waals surface area contributed by atoms with Gasteiger partial charge < -0.3 is 24.1 Å². The molecule has 0 aliphatic carbocycles. The summed E-state index contributed by atoms with van der Waals surface area (Å²) in [5, 5.41) is 2.77. The number of carbonyl (C=O) groups excluding carboxylic acids is 2. The van der Waals surface area contributed by atoms with E-state index in [2.05, 4.69) is 5.32 Å². The van der Waals surface area contributed by atoms with Gasteiger partial charge in [0.15, 0.2) is 0 Å². The van der Waals surface area contributed by atoms with E-state index in [1.165, 1.54) is 0 Å². The van der Waals surface area contributed by atoms with Gasteiger partial charge in [-0.2, -0.15) is 0 Å². The van der Waals surface area contributed by atoms with Gasteiger partial charge in [0.1, 0.15) is 5.60 Å². The Labute approximate surface area is 185 Å². The number of benzene rings is 1. The smallest absolute Gasteiger partial charge is 0.462 e. The highest BCUT2D eigenvalue weighted by Crippen LogP contribution is 2.38. The number of carbonyl (C=O) groups is 2. The van der Waals surface area contributed by atoms with Gasteiger partial charge in [-0.05, 0) is 78.6 Å². The zero-order chi connectivity index (χ0) is 23.4. The van der Waals surface area contributed by atoms with Crippen LogP contribution in [0.25, 0.3) is 6.08 Å². The number of nitrogens with one attached hydrogen (secondary N) is 1. The third-order valence-electron chi connectivity index (χ3n) is 5.17. The molecule has 31 heavy (non-hydrogen) atoms. The fourth-order valence-electron chi connectivity index (χ4n) is 2.83. The summed E-state index contributed by atoms with van der Waals surface area (Å²) in [5.74, 6) is -0.365. The van der Waals surface area contributed by atoms with Crippen LogP contribution in [0.3, 0.4) is 0 Å². The quantitative estimate of drug-likeness (QED) is 0.531. The zero-order valence-corrected chi connectivity index (χ0v) is 19.8. The van der Waals surface area contributed by atoms with Crippen LogP contribution < -0.4 is 5.32 Å². The van der Waals surface area contributed by atoms with Gasteiger partial charge in [0, 0.05) is 6.54 Å². The molecule has 0 aromatic heterocycles. The lowest BCUT2D eigenvalue weighted by atomic mass is 9.77. The predicted molar refractivity (Wildman–Crippen MR) is 121 cm³/mol. The summed E-state index contributed by atoms with van der Waals surface area (Å²) in [5.41, 5.74) is 0.411. The van der Waals surface area contributed by atoms with Crippen molar-refractivity contribution in [2.24, 2.45) is 0 Å². The first-order chi connectivity index (χ1) is 14.2. The Bertz CT molecular complexity index is 807. The van der Waals surface area contributed by atoms with Crippen LogP contribution in [-0.2, 0) is 18.8 Å². The molecule has 170 valence electrons. The highest BCUT2D eigenvalue weighted by atomic mass is 16.7. The normalized spacial score (nSPS) is 17.9. The van der Waals surface area contributed by atoms with Crippen molar-refractivity contribution >= 4 is 25.3 Å². The second kappa shape index (κ2) is 9.45. The Morgan fingerprint density at radius 2 is 1.61 bits per heavy atom. The molecule has 8 heteroatoms. The lowest BCUT2D eigenvalue weighted by molar-refractivity contribution is 0.00578. The minimum Gasteiger partial charge on any atom is -0.462 e. The van der Waals surface area contributed by atoms with Gasteiger partial charge in [0.05, 0.1) is 23.4 Å². The highest BCUT2D eigenvalue weighted by Gasteiger charge is 2.52. The number of esters is 1. The maximum atomic E-state index is 12.2. The van der Waals surface area contributed by atoms with Gasteiger partial charge >= 0.3 is 19.2 Å². The first kappa shape index (κ1) is 24.9. The van der Waals surface area contributed by atoms with Crippen LogP contribution in [0.15, 0.2) is 29.7 Å². The molecule has 1 aliphatic rings. The maximum absolute atomic E-state index is 12.2. The Balaban J connectivity index is 2.25. The standard InChI is InChI=1S/C23H34BNO6/c1-9-28-19(26)17-12-10-16(11-13-17)14-18(15-25-20(27)29-21(2,3)4)24-30-22(5,6)23(7,8)31-24/h10-14H,9,15H2,1-8H3,(H,25,27). The molecule has 1 aromatic rings. The van der Waals surface area contributed by atoms with Gasteiger partial charge in [-0.25, -0.2) is 9.59 Å². The predicted octanol–water partition coefficient (Wildman–Crippen LogP) is 4.40. The molecule has 1 fully saturated rings. The maximum Gasteiger partial charge on any atom is 0.492 e. The lowest BCUT2D eigenvalue weighted by Gasteiger charge is -2.32. The third kappa shape index (κ3) is 6.84. The molecule has 0 unspecified atom stereocenters. The topological polar surface area (TPSA) is 83.1 Å². The first-order valence-electron chi connectivity index (χ1n) is 10.5. The molecule has 2 rings (SSSR count). The van der Waals surface area contributed by atoms with Crippen LogP contribution in [0.5, 0.6) is 0 Å². The van der Waals surface area contributed by atoms with Crippen LogP contribution in [0.1, 0.15) is 71.3 Å². The van der Waals surface area contributed by atoms with E-state index in [1.54, 1.807) is 19.1 Å². The van der Waals surface area contributed by atoms with Crippen molar-refractivity contribution in [3.05, 3.63) is 40.9 Å². The summed E-state index contributed by atoms with van der Waals surface area (Å²) in [6.07, 6.45) is 1.36. The Kier molecular flexibility index (Phi) is 7.60. The number of amides is 1. The van der Waals surface area contributed by atoms with E-state index >= 15 is 0 Å². The summed E-state index contributed by atoms with van der Waals surface area (Å²) < 4.78 is 22.7. The zero-order valence-electron chi connectivity index (χ0n) is 19.8. The third-order valence-corrected chi connectivity index (χ3v) is 5.17. The van der Waals surface area contributed by atoms with Crippen LogP contribution in [0.4, 0.5) is 4.79 Å². The molecule has 0 bridgehead atoms. The molecule has 7 nitrogen and oxygen atoms in total. The summed E-state index contributed by atoms with van der Waals surface area (Å²) in [6, 6.07) is 7.02. The SMILES string of the molecule is CCOC(=O)c1ccc(C=C(CNC(=O)OC(C)(C)C)B2OC(C)(C)C(C)(C)O2)cc1. The molecule has 1 amide bonds. The van der Waals surface area contributed by atoms with Crippen molar-refractivity contribution in [2.45, 2.75) is 72.2 Å². The van der Waals surface area contributed by atoms with Gasteiger partial charge in [-0.3, -0.25) is 0 Å². The van der Waals surface area contributed by atoms with E-state index in [9.17, 15) is 9.59 Å². The molecular weight excluding hydrogens is 397 g/mol. The molecular formula is C23H34BNO6. The summed E-state index contributed by atoms with van der Waals surface area (Å²) >= 11 is 0. The Morgan fingerprint density at radius 3 is 2.10 bits per heavy atom. The second-order valence-electron chi connectivity index (χ2n) is 9.51. The number of alkyl carbamates (subject to hydrolysis) is 1. The molecule has 0 radical (unpaired) electrons. The van der Waals surface area contributed by atoms with Crippen LogP contribution in [0.2, 0.25) is 0 Å². The minimum absolute atomic E-state index is 0.186. The second-order valence-corrected chi connectivity index (χ2v) is 9.51. The van der Waals surface area contributed by atoms with Crippen LogP contribution in [0, 0.1) is 0 Å². The summed E-state index contributed by atoms with van der Waals surface area (Å²) in [4.78, 5) is 24.1. The molecule has 0 saturated carbocycles. The first-order valence-corrected chi connectivity index (χ1v) is 10.5. The molecule has 1 saturated heterocycles. The molecule has 0 spiro atoms. The van der Waals surface area contributed by atoms with Crippen molar-refractivity contribution in [3.8, 4) is 0 Å². The number of rotatable bonds is 6. The van der Waals surface area contributed by atoms with Crippen molar-refractivity contribution in [1.82, 2.24) is 5.32 Å². The molecule has 1 aromatic carbocycles. The highest BCUT2D eigenvalue weighted by molar-refractivity contribution is 6.56. The Hall–Kier alpha value is -2.32. The van der Waals surface area contributed by atoms with Crippen LogP contribution >= 0.6 is 0 Å². The average molecular weight is 431 g/mol. The van der Waals surface area contributed by atoms with E-state index in [0.29, 0.717) is 12.2 Å². The van der Waals surface area contributed by atoms with Gasteiger partial charge in [-0.15, -0.1) is 0 Å². The largest absolute Gasteiger partial charge is 0.492 e. The van der Waals surface area contributed by atoms with Gasteiger partial charge in [0.2, 0.25) is 0 Å². The van der Waals surface area contributed by atoms with E-state index < -0.39 is 30.0 Å². The molecule has 1 N–H and O–H groups in total. The van der Waals surface area contributed by atoms with E-state index in [-0.39, 0.29) is 12.5 Å². The number of hydrogen-bond acceptors (Lipinski definition) is 6. The van der Waals surface area contributed by atoms with E-state index in [1.807, 2.05) is 66.7 Å². The van der Waals surface area contributed by atoms with Gasteiger partial charge in [-0.1, -0.05) is 18.2 Å². The minimum atomic E-state index is -0.635. The number of hydrogen-bond donors (Lipinski definition) is 1. The number of ether oxygens (including phenoxy) is 2. The van der Waals surface area contributed by atoms with E-state index in [4.69, 9.17) is 18.8 Å². The van der Waals surface area contributed by atoms with Gasteiger partial charge in [0.25, 0.3) is 0 Å². The molecule has 1 heterocycles. The van der Waals surface area contributed by atoms with Crippen molar-refractivity contribution < 1.29 is 28.4 Å². The fraction of sp³-hybridized carbons (Fsp3) is 0.565. The summed E-state index contributed by atoms with van der Waals surface area (Å²) in [6.45, 7) is 15.6. The average Bonchev–Trinajstić information content (AvgIpc) is 2.85. The van der Waals surface area contributed by atoms with E-state index in [0.717, 1.165) is 11.0 Å². The molecule has 1 aliphatic heterocycles. The monoisotopic (exact) mass is 431 g/mol. The van der Waals surface area contributed by atoms with Crippen molar-refractivity contribution in [1.29, 1.82) is 0 Å². The van der Waals surface area contributed by atoms with Crippen molar-refractivity contribution in [2.75, 3.05) is 13.2 Å².